The van der Waals surface area contributed by atoms with Gasteiger partial charge in [-0.05, 0) is 18.9 Å². The molecule has 0 saturated carbocycles. The number of nitrogens with zero attached hydrogens (tertiary/aromatic N) is 2. The lowest BCUT2D eigenvalue weighted by molar-refractivity contribution is -0.141. The van der Waals surface area contributed by atoms with Gasteiger partial charge < -0.3 is 5.11 Å². The summed E-state index contributed by atoms with van der Waals surface area (Å²) in [6.07, 6.45) is 4.21. The lowest BCUT2D eigenvalue weighted by Crippen LogP contribution is -2.44. The van der Waals surface area contributed by atoms with Crippen LogP contribution in [-0.4, -0.2) is 41.4 Å². The van der Waals surface area contributed by atoms with E-state index in [2.05, 4.69) is 4.98 Å². The van der Waals surface area contributed by atoms with Gasteiger partial charge >= 0.3 is 5.97 Å². The molecule has 1 aliphatic heterocycles. The molecular formula is C12H15FN2O4S. The maximum atomic E-state index is 13.1. The summed E-state index contributed by atoms with van der Waals surface area (Å²) < 4.78 is 39.0. The summed E-state index contributed by atoms with van der Waals surface area (Å²) in [4.78, 5) is 14.5. The Hall–Kier alpha value is -1.54. The zero-order chi connectivity index (χ0) is 14.8. The monoisotopic (exact) mass is 302 g/mol. The summed E-state index contributed by atoms with van der Waals surface area (Å²) in [6, 6.07) is -0.252. The largest absolute Gasteiger partial charge is 0.480 e. The van der Waals surface area contributed by atoms with Crippen LogP contribution in [0.5, 0.6) is 0 Å². The van der Waals surface area contributed by atoms with Gasteiger partial charge in [0.25, 0.3) is 0 Å². The third kappa shape index (κ3) is 2.96. The van der Waals surface area contributed by atoms with Crippen LogP contribution in [-0.2, 0) is 14.8 Å². The van der Waals surface area contributed by atoms with Crippen molar-refractivity contribution in [2.75, 3.05) is 6.54 Å². The number of carbonyl (C=O) groups is 1. The Morgan fingerprint density at radius 2 is 2.10 bits per heavy atom. The number of carboxylic acid groups (broad SMARTS) is 1. The Morgan fingerprint density at radius 3 is 2.75 bits per heavy atom. The fraction of sp³-hybridized carbons (Fsp3) is 0.500. The quantitative estimate of drug-likeness (QED) is 0.907. The minimum atomic E-state index is -4.05. The summed E-state index contributed by atoms with van der Waals surface area (Å²) in [7, 11) is -4.05. The normalized spacial score (nSPS) is 21.4. The number of hydrogen-bond acceptors (Lipinski definition) is 4. The van der Waals surface area contributed by atoms with Crippen LogP contribution in [0, 0.1) is 5.82 Å². The molecule has 1 unspecified atom stereocenters. The molecule has 20 heavy (non-hydrogen) atoms. The first-order chi connectivity index (χ1) is 9.43. The van der Waals surface area contributed by atoms with Crippen molar-refractivity contribution in [3.05, 3.63) is 24.3 Å². The van der Waals surface area contributed by atoms with Crippen molar-refractivity contribution in [2.24, 2.45) is 0 Å². The fourth-order valence-electron chi connectivity index (χ4n) is 2.29. The van der Waals surface area contributed by atoms with E-state index in [0.717, 1.165) is 29.2 Å². The SMILES string of the molecule is O=C(O)C1CCCCCN1S(=O)(=O)c1cncc(F)c1. The van der Waals surface area contributed by atoms with Gasteiger partial charge in [-0.1, -0.05) is 12.8 Å². The first-order valence-electron chi connectivity index (χ1n) is 6.28. The van der Waals surface area contributed by atoms with E-state index in [4.69, 9.17) is 0 Å². The molecule has 1 aromatic heterocycles. The summed E-state index contributed by atoms with van der Waals surface area (Å²) in [6.45, 7) is 0.121. The number of carboxylic acids is 1. The Labute approximate surface area is 116 Å². The van der Waals surface area contributed by atoms with E-state index < -0.39 is 27.9 Å². The molecule has 6 nitrogen and oxygen atoms in total. The third-order valence-electron chi connectivity index (χ3n) is 3.28. The van der Waals surface area contributed by atoms with Crippen LogP contribution < -0.4 is 0 Å². The topological polar surface area (TPSA) is 87.6 Å². The van der Waals surface area contributed by atoms with Crippen molar-refractivity contribution < 1.29 is 22.7 Å². The Bertz CT molecular complexity index is 605. The molecule has 1 aromatic rings. The van der Waals surface area contributed by atoms with Crippen molar-refractivity contribution >= 4 is 16.0 Å². The molecule has 2 rings (SSSR count). The van der Waals surface area contributed by atoms with Gasteiger partial charge in [0.2, 0.25) is 10.0 Å². The number of rotatable bonds is 3. The van der Waals surface area contributed by atoms with Crippen molar-refractivity contribution in [2.45, 2.75) is 36.6 Å². The summed E-state index contributed by atoms with van der Waals surface area (Å²) in [5, 5.41) is 9.20. The molecule has 0 spiro atoms. The maximum absolute atomic E-state index is 13.1. The van der Waals surface area contributed by atoms with Crippen LogP contribution in [0.15, 0.2) is 23.4 Å². The van der Waals surface area contributed by atoms with E-state index in [0.29, 0.717) is 12.8 Å². The van der Waals surface area contributed by atoms with E-state index in [1.165, 1.54) is 0 Å². The number of halogens is 1. The minimum absolute atomic E-state index is 0.121. The highest BCUT2D eigenvalue weighted by atomic mass is 32.2. The summed E-state index contributed by atoms with van der Waals surface area (Å²) >= 11 is 0. The number of aromatic nitrogens is 1. The molecular weight excluding hydrogens is 287 g/mol. The molecule has 0 bridgehead atoms. The standard InChI is InChI=1S/C12H15FN2O4S/c13-9-6-10(8-14-7-9)20(18,19)15-5-3-1-2-4-11(15)12(16)17/h6-8,11H,1-5H2,(H,16,17). The van der Waals surface area contributed by atoms with Crippen LogP contribution in [0.3, 0.4) is 0 Å². The molecule has 0 radical (unpaired) electrons. The molecule has 1 saturated heterocycles. The molecule has 1 N–H and O–H groups in total. The minimum Gasteiger partial charge on any atom is -0.480 e. The Kier molecular flexibility index (Phi) is 4.34. The first kappa shape index (κ1) is 14.9. The second-order valence-electron chi connectivity index (χ2n) is 4.66. The third-order valence-corrected chi connectivity index (χ3v) is 5.15. The molecule has 1 atom stereocenters. The lowest BCUT2D eigenvalue weighted by atomic mass is 10.1. The predicted molar refractivity (Wildman–Crippen MR) is 68.0 cm³/mol. The summed E-state index contributed by atoms with van der Waals surface area (Å²) in [5.41, 5.74) is 0. The van der Waals surface area contributed by atoms with Crippen LogP contribution in [0.4, 0.5) is 4.39 Å². The zero-order valence-corrected chi connectivity index (χ0v) is 11.5. The Balaban J connectivity index is 2.42. The maximum Gasteiger partial charge on any atom is 0.322 e. The molecule has 0 amide bonds. The van der Waals surface area contributed by atoms with Crippen LogP contribution in [0.25, 0.3) is 0 Å². The van der Waals surface area contributed by atoms with Gasteiger partial charge in [-0.3, -0.25) is 9.78 Å². The molecule has 1 fully saturated rings. The lowest BCUT2D eigenvalue weighted by Gasteiger charge is -2.25. The molecule has 2 heterocycles. The number of aliphatic carboxylic acids is 1. The Morgan fingerprint density at radius 1 is 1.35 bits per heavy atom. The molecule has 0 aromatic carbocycles. The van der Waals surface area contributed by atoms with Gasteiger partial charge in [0.15, 0.2) is 0 Å². The van der Waals surface area contributed by atoms with Crippen LogP contribution >= 0.6 is 0 Å². The van der Waals surface area contributed by atoms with E-state index >= 15 is 0 Å². The molecule has 1 aliphatic rings. The van der Waals surface area contributed by atoms with E-state index in [1.807, 2.05) is 0 Å². The average Bonchev–Trinajstić information content (AvgIpc) is 2.64. The van der Waals surface area contributed by atoms with Crippen molar-refractivity contribution in [3.8, 4) is 0 Å². The van der Waals surface area contributed by atoms with Gasteiger partial charge in [-0.15, -0.1) is 0 Å². The van der Waals surface area contributed by atoms with Gasteiger partial charge in [0.1, 0.15) is 16.8 Å². The van der Waals surface area contributed by atoms with Gasteiger partial charge in [-0.2, -0.15) is 4.31 Å². The fourth-order valence-corrected chi connectivity index (χ4v) is 3.91. The predicted octanol–water partition coefficient (Wildman–Crippen LogP) is 1.24. The van der Waals surface area contributed by atoms with E-state index in [9.17, 15) is 22.7 Å². The zero-order valence-electron chi connectivity index (χ0n) is 10.7. The molecule has 110 valence electrons. The van der Waals surface area contributed by atoms with Crippen LogP contribution in [0.2, 0.25) is 0 Å². The number of sulfonamides is 1. The number of hydrogen-bond donors (Lipinski definition) is 1. The smallest absolute Gasteiger partial charge is 0.322 e. The van der Waals surface area contributed by atoms with Gasteiger partial charge in [0.05, 0.1) is 6.20 Å². The van der Waals surface area contributed by atoms with Crippen molar-refractivity contribution in [1.82, 2.24) is 9.29 Å². The van der Waals surface area contributed by atoms with Crippen molar-refractivity contribution in [1.29, 1.82) is 0 Å². The van der Waals surface area contributed by atoms with E-state index in [1.54, 1.807) is 0 Å². The first-order valence-corrected chi connectivity index (χ1v) is 7.72. The molecule has 8 heteroatoms. The number of pyridine rings is 1. The summed E-state index contributed by atoms with van der Waals surface area (Å²) in [5.74, 6) is -1.95. The highest BCUT2D eigenvalue weighted by Gasteiger charge is 2.36. The van der Waals surface area contributed by atoms with Gasteiger partial charge in [0, 0.05) is 12.7 Å². The second kappa shape index (κ2) is 5.84. The highest BCUT2D eigenvalue weighted by Crippen LogP contribution is 2.24. The van der Waals surface area contributed by atoms with Gasteiger partial charge in [-0.25, -0.2) is 12.8 Å². The average molecular weight is 302 g/mol. The van der Waals surface area contributed by atoms with Crippen molar-refractivity contribution in [3.63, 3.8) is 0 Å². The van der Waals surface area contributed by atoms with Crippen LogP contribution in [0.1, 0.15) is 25.7 Å². The molecule has 0 aliphatic carbocycles. The highest BCUT2D eigenvalue weighted by molar-refractivity contribution is 7.89. The second-order valence-corrected chi connectivity index (χ2v) is 6.55. The van der Waals surface area contributed by atoms with E-state index in [-0.39, 0.29) is 17.9 Å².